The zero-order chi connectivity index (χ0) is 12.3. The van der Waals surface area contributed by atoms with Gasteiger partial charge in [-0.15, -0.1) is 0 Å². The van der Waals surface area contributed by atoms with Gasteiger partial charge in [-0.05, 0) is 38.0 Å². The first-order valence-electron chi connectivity index (χ1n) is 6.90. The molecule has 0 aliphatic heterocycles. The molecule has 0 aromatic rings. The number of nitrogens with zero attached hydrogens (tertiary/aromatic N) is 1. The van der Waals surface area contributed by atoms with Gasteiger partial charge in [0, 0.05) is 6.04 Å². The summed E-state index contributed by atoms with van der Waals surface area (Å²) in [4.78, 5) is 12.2. The molecule has 3 nitrogen and oxygen atoms in total. The monoisotopic (exact) mass is 234 g/mol. The molecule has 94 valence electrons. The number of hydrogen-bond donors (Lipinski definition) is 1. The molecule has 17 heavy (non-hydrogen) atoms. The summed E-state index contributed by atoms with van der Waals surface area (Å²) in [5, 5.41) is 12.3. The first kappa shape index (κ1) is 12.4. The lowest BCUT2D eigenvalue weighted by Crippen LogP contribution is -2.49. The summed E-state index contributed by atoms with van der Waals surface area (Å²) in [6.45, 7) is 2.22. The Morgan fingerprint density at radius 1 is 1.24 bits per heavy atom. The molecule has 2 saturated carbocycles. The van der Waals surface area contributed by atoms with E-state index in [-0.39, 0.29) is 11.9 Å². The molecule has 2 atom stereocenters. The first-order chi connectivity index (χ1) is 8.18. The van der Waals surface area contributed by atoms with Crippen molar-refractivity contribution in [3.05, 3.63) is 0 Å². The van der Waals surface area contributed by atoms with Crippen LogP contribution >= 0.6 is 0 Å². The molecular formula is C14H22N2O. The van der Waals surface area contributed by atoms with Crippen molar-refractivity contribution in [3.63, 3.8) is 0 Å². The predicted octanol–water partition coefficient (Wildman–Crippen LogP) is 2.77. The second kappa shape index (κ2) is 5.08. The van der Waals surface area contributed by atoms with Crippen LogP contribution in [0.1, 0.15) is 58.3 Å². The molecule has 0 spiro atoms. The third kappa shape index (κ3) is 2.46. The van der Waals surface area contributed by atoms with Gasteiger partial charge in [0.2, 0.25) is 5.91 Å². The third-order valence-electron chi connectivity index (χ3n) is 4.53. The summed E-state index contributed by atoms with van der Waals surface area (Å²) < 4.78 is 0. The van der Waals surface area contributed by atoms with Crippen molar-refractivity contribution < 1.29 is 4.79 Å². The number of hydrogen-bond acceptors (Lipinski definition) is 2. The minimum atomic E-state index is -0.688. The molecule has 3 heteroatoms. The number of carbonyl (C=O) groups excluding carboxylic acids is 1. The van der Waals surface area contributed by atoms with Crippen LogP contribution in [0.15, 0.2) is 0 Å². The van der Waals surface area contributed by atoms with Crippen LogP contribution in [0.4, 0.5) is 0 Å². The number of nitrogens with one attached hydrogen (secondary N) is 1. The molecule has 2 aliphatic carbocycles. The Hall–Kier alpha value is -1.04. The Labute approximate surface area is 104 Å². The summed E-state index contributed by atoms with van der Waals surface area (Å²) in [6, 6.07) is 2.51. The van der Waals surface area contributed by atoms with Crippen LogP contribution in [0, 0.1) is 22.7 Å². The maximum Gasteiger partial charge on any atom is 0.240 e. The summed E-state index contributed by atoms with van der Waals surface area (Å²) in [5.41, 5.74) is -0.688. The van der Waals surface area contributed by atoms with Crippen LogP contribution in [0.25, 0.3) is 0 Å². The number of rotatable bonds is 2. The molecule has 2 unspecified atom stereocenters. The highest BCUT2D eigenvalue weighted by Crippen LogP contribution is 2.40. The standard InChI is InChI=1S/C14H22N2O/c1-11-6-3-2-4-7-12(11)16-13(17)14(10-15)8-5-9-14/h11-12H,2-9H2,1H3,(H,16,17). The zero-order valence-corrected chi connectivity index (χ0v) is 10.7. The van der Waals surface area contributed by atoms with Crippen molar-refractivity contribution in [1.29, 1.82) is 5.26 Å². The molecule has 0 heterocycles. The SMILES string of the molecule is CC1CCCCCC1NC(=O)C1(C#N)CCC1. The molecule has 2 rings (SSSR count). The van der Waals surface area contributed by atoms with Gasteiger partial charge in [0.15, 0.2) is 0 Å². The highest BCUT2D eigenvalue weighted by Gasteiger charge is 2.45. The Bertz CT molecular complexity index is 328. The van der Waals surface area contributed by atoms with Gasteiger partial charge in [0.05, 0.1) is 6.07 Å². The normalized spacial score (nSPS) is 31.8. The molecule has 0 saturated heterocycles. The second-order valence-corrected chi connectivity index (χ2v) is 5.74. The van der Waals surface area contributed by atoms with Gasteiger partial charge in [-0.3, -0.25) is 4.79 Å². The van der Waals surface area contributed by atoms with E-state index in [4.69, 9.17) is 5.26 Å². The van der Waals surface area contributed by atoms with Crippen LogP contribution in [0.3, 0.4) is 0 Å². The fraction of sp³-hybridized carbons (Fsp3) is 0.857. The highest BCUT2D eigenvalue weighted by atomic mass is 16.2. The lowest BCUT2D eigenvalue weighted by Gasteiger charge is -2.35. The van der Waals surface area contributed by atoms with E-state index in [1.165, 1.54) is 25.7 Å². The molecule has 0 bridgehead atoms. The van der Waals surface area contributed by atoms with E-state index >= 15 is 0 Å². The molecule has 0 aromatic heterocycles. The van der Waals surface area contributed by atoms with Gasteiger partial charge < -0.3 is 5.32 Å². The van der Waals surface area contributed by atoms with Crippen LogP contribution in [-0.2, 0) is 4.79 Å². The molecule has 0 aromatic carbocycles. The van der Waals surface area contributed by atoms with Crippen molar-refractivity contribution >= 4 is 5.91 Å². The van der Waals surface area contributed by atoms with Gasteiger partial charge in [-0.25, -0.2) is 0 Å². The van der Waals surface area contributed by atoms with E-state index in [1.807, 2.05) is 0 Å². The Kier molecular flexibility index (Phi) is 3.71. The second-order valence-electron chi connectivity index (χ2n) is 5.74. The molecule has 2 aliphatic rings. The molecular weight excluding hydrogens is 212 g/mol. The van der Waals surface area contributed by atoms with Crippen molar-refractivity contribution in [2.45, 2.75) is 64.3 Å². The summed E-state index contributed by atoms with van der Waals surface area (Å²) in [6.07, 6.45) is 8.54. The van der Waals surface area contributed by atoms with Gasteiger partial charge in [0.1, 0.15) is 5.41 Å². The Morgan fingerprint density at radius 3 is 2.53 bits per heavy atom. The summed E-state index contributed by atoms with van der Waals surface area (Å²) >= 11 is 0. The predicted molar refractivity (Wildman–Crippen MR) is 66.1 cm³/mol. The van der Waals surface area contributed by atoms with Gasteiger partial charge >= 0.3 is 0 Å². The quantitative estimate of drug-likeness (QED) is 0.747. The van der Waals surface area contributed by atoms with Crippen molar-refractivity contribution in [1.82, 2.24) is 5.32 Å². The van der Waals surface area contributed by atoms with Crippen LogP contribution in [0.5, 0.6) is 0 Å². The molecule has 1 N–H and O–H groups in total. The van der Waals surface area contributed by atoms with Crippen LogP contribution in [0.2, 0.25) is 0 Å². The highest BCUT2D eigenvalue weighted by molar-refractivity contribution is 5.86. The Morgan fingerprint density at radius 2 is 1.94 bits per heavy atom. The molecule has 0 radical (unpaired) electrons. The average molecular weight is 234 g/mol. The minimum absolute atomic E-state index is 0.00926. The van der Waals surface area contributed by atoms with E-state index in [0.29, 0.717) is 5.92 Å². The lowest BCUT2D eigenvalue weighted by molar-refractivity contribution is -0.132. The summed E-state index contributed by atoms with van der Waals surface area (Å²) in [5.74, 6) is 0.544. The fourth-order valence-electron chi connectivity index (χ4n) is 2.93. The van der Waals surface area contributed by atoms with Gasteiger partial charge in [0.25, 0.3) is 0 Å². The van der Waals surface area contributed by atoms with Crippen molar-refractivity contribution in [2.24, 2.45) is 11.3 Å². The van der Waals surface area contributed by atoms with E-state index in [0.717, 1.165) is 25.7 Å². The number of amides is 1. The minimum Gasteiger partial charge on any atom is -0.352 e. The number of carbonyl (C=O) groups is 1. The van der Waals surface area contributed by atoms with E-state index < -0.39 is 5.41 Å². The van der Waals surface area contributed by atoms with Crippen LogP contribution < -0.4 is 5.32 Å². The Balaban J connectivity index is 1.95. The zero-order valence-electron chi connectivity index (χ0n) is 10.7. The van der Waals surface area contributed by atoms with Crippen molar-refractivity contribution in [3.8, 4) is 6.07 Å². The van der Waals surface area contributed by atoms with E-state index in [9.17, 15) is 4.79 Å². The third-order valence-corrected chi connectivity index (χ3v) is 4.53. The maximum absolute atomic E-state index is 12.2. The smallest absolute Gasteiger partial charge is 0.240 e. The van der Waals surface area contributed by atoms with Crippen LogP contribution in [-0.4, -0.2) is 11.9 Å². The molecule has 1 amide bonds. The fourth-order valence-corrected chi connectivity index (χ4v) is 2.93. The first-order valence-corrected chi connectivity index (χ1v) is 6.90. The largest absolute Gasteiger partial charge is 0.352 e. The maximum atomic E-state index is 12.2. The molecule has 2 fully saturated rings. The lowest BCUT2D eigenvalue weighted by atomic mass is 9.69. The average Bonchev–Trinajstić information content (AvgIpc) is 2.44. The van der Waals surface area contributed by atoms with E-state index in [2.05, 4.69) is 18.3 Å². The topological polar surface area (TPSA) is 52.9 Å². The number of nitriles is 1. The summed E-state index contributed by atoms with van der Waals surface area (Å²) in [7, 11) is 0. The van der Waals surface area contributed by atoms with Gasteiger partial charge in [-0.1, -0.05) is 26.2 Å². The van der Waals surface area contributed by atoms with Crippen molar-refractivity contribution in [2.75, 3.05) is 0 Å². The van der Waals surface area contributed by atoms with E-state index in [1.54, 1.807) is 0 Å². The van der Waals surface area contributed by atoms with Gasteiger partial charge in [-0.2, -0.15) is 5.26 Å².